The smallest absolute Gasteiger partial charge is 0.0141 e. The van der Waals surface area contributed by atoms with Crippen LogP contribution in [0.4, 0.5) is 0 Å². The lowest BCUT2D eigenvalue weighted by Crippen LogP contribution is -2.05. The van der Waals surface area contributed by atoms with Gasteiger partial charge < -0.3 is 5.32 Å². The molecule has 0 aliphatic rings. The van der Waals surface area contributed by atoms with Gasteiger partial charge in [0.05, 0.1) is 0 Å². The zero-order chi connectivity index (χ0) is 16.1. The molecule has 0 radical (unpaired) electrons. The summed E-state index contributed by atoms with van der Waals surface area (Å²) in [5.74, 6) is 0. The molecule has 1 nitrogen and oxygen atoms in total. The second kappa shape index (κ2) is 20.5. The van der Waals surface area contributed by atoms with Crippen LogP contribution in [0.25, 0.3) is 0 Å². The molecule has 132 valence electrons. The Kier molecular flexibility index (Phi) is 20.1. The van der Waals surface area contributed by atoms with Crippen molar-refractivity contribution >= 4 is 0 Å². The number of hydrogen-bond acceptors (Lipinski definition) is 1. The van der Waals surface area contributed by atoms with Crippen molar-refractivity contribution in [2.45, 2.75) is 116 Å². The van der Waals surface area contributed by atoms with Crippen molar-refractivity contribution in [2.75, 3.05) is 6.54 Å². The molecule has 0 aliphatic heterocycles. The van der Waals surface area contributed by atoms with Crippen LogP contribution in [-0.4, -0.2) is 6.54 Å². The second-order valence-electron chi connectivity index (χ2n) is 6.82. The Labute approximate surface area is 141 Å². The van der Waals surface area contributed by atoms with Crippen LogP contribution in [0.5, 0.6) is 0 Å². The van der Waals surface area contributed by atoms with E-state index in [9.17, 15) is 0 Å². The summed E-state index contributed by atoms with van der Waals surface area (Å²) in [6.07, 6.45) is 26.3. The summed E-state index contributed by atoms with van der Waals surface area (Å²) in [6.45, 7) is 7.06. The molecule has 0 aromatic rings. The van der Waals surface area contributed by atoms with Crippen LogP contribution >= 0.6 is 0 Å². The fourth-order valence-corrected chi connectivity index (χ4v) is 3.05. The van der Waals surface area contributed by atoms with Crippen LogP contribution in [-0.2, 0) is 0 Å². The van der Waals surface area contributed by atoms with Gasteiger partial charge in [0.15, 0.2) is 0 Å². The van der Waals surface area contributed by atoms with Crippen LogP contribution in [0, 0.1) is 0 Å². The summed E-state index contributed by atoms with van der Waals surface area (Å²) in [4.78, 5) is 0. The van der Waals surface area contributed by atoms with Gasteiger partial charge in [-0.1, -0.05) is 116 Å². The average molecular weight is 310 g/mol. The van der Waals surface area contributed by atoms with E-state index in [1.54, 1.807) is 6.20 Å². The third-order valence-electron chi connectivity index (χ3n) is 4.57. The number of unbranched alkanes of at least 4 members (excludes halogenated alkanes) is 16. The fraction of sp³-hybridized carbons (Fsp3) is 0.905. The number of rotatable bonds is 19. The highest BCUT2D eigenvalue weighted by atomic mass is 14.8. The predicted octanol–water partition coefficient (Wildman–Crippen LogP) is 7.37. The van der Waals surface area contributed by atoms with Gasteiger partial charge in [0.2, 0.25) is 0 Å². The van der Waals surface area contributed by atoms with Gasteiger partial charge in [0.25, 0.3) is 0 Å². The molecule has 0 unspecified atom stereocenters. The Morgan fingerprint density at radius 3 is 1.18 bits per heavy atom. The van der Waals surface area contributed by atoms with E-state index in [0.717, 1.165) is 6.54 Å². The van der Waals surface area contributed by atoms with Gasteiger partial charge in [-0.3, -0.25) is 0 Å². The molecule has 0 atom stereocenters. The monoisotopic (exact) mass is 309 g/mol. The molecule has 0 saturated carbocycles. The molecule has 0 aromatic heterocycles. The molecular formula is C21H43N. The van der Waals surface area contributed by atoms with Crippen LogP contribution < -0.4 is 5.32 Å². The lowest BCUT2D eigenvalue weighted by molar-refractivity contribution is 0.526. The maximum atomic E-state index is 3.66. The molecule has 0 heterocycles. The molecule has 1 N–H and O–H groups in total. The highest BCUT2D eigenvalue weighted by molar-refractivity contribution is 4.62. The highest BCUT2D eigenvalue weighted by Crippen LogP contribution is 2.13. The average Bonchev–Trinajstić information content (AvgIpc) is 2.54. The van der Waals surface area contributed by atoms with Crippen LogP contribution in [0.1, 0.15) is 116 Å². The topological polar surface area (TPSA) is 12.0 Å². The molecule has 0 saturated heterocycles. The Morgan fingerprint density at radius 2 is 0.864 bits per heavy atom. The molecule has 0 bridgehead atoms. The molecule has 0 aromatic carbocycles. The van der Waals surface area contributed by atoms with Crippen molar-refractivity contribution in [3.05, 3.63) is 12.8 Å². The van der Waals surface area contributed by atoms with Gasteiger partial charge >= 0.3 is 0 Å². The van der Waals surface area contributed by atoms with Crippen molar-refractivity contribution in [1.29, 1.82) is 0 Å². The minimum absolute atomic E-state index is 1.10. The Bertz CT molecular complexity index is 200. The van der Waals surface area contributed by atoms with E-state index < -0.39 is 0 Å². The third-order valence-corrected chi connectivity index (χ3v) is 4.57. The molecular weight excluding hydrogens is 266 g/mol. The standard InChI is InChI=1S/C21H43N/c1-3-5-6-7-8-9-10-11-12-13-14-15-16-17-18-19-20-21-22-4-2/h4,22H,2-3,5-21H2,1H3. The maximum Gasteiger partial charge on any atom is 0.0141 e. The van der Waals surface area contributed by atoms with Gasteiger partial charge in [-0.15, -0.1) is 0 Å². The van der Waals surface area contributed by atoms with Crippen LogP contribution in [0.3, 0.4) is 0 Å². The van der Waals surface area contributed by atoms with E-state index in [1.807, 2.05) is 0 Å². The van der Waals surface area contributed by atoms with Gasteiger partial charge in [0.1, 0.15) is 0 Å². The van der Waals surface area contributed by atoms with E-state index in [1.165, 1.54) is 109 Å². The van der Waals surface area contributed by atoms with E-state index >= 15 is 0 Å². The number of hydrogen-bond donors (Lipinski definition) is 1. The van der Waals surface area contributed by atoms with Crippen molar-refractivity contribution in [3.8, 4) is 0 Å². The van der Waals surface area contributed by atoms with Crippen LogP contribution in [0.2, 0.25) is 0 Å². The fourth-order valence-electron chi connectivity index (χ4n) is 3.05. The summed E-state index contributed by atoms with van der Waals surface area (Å²) in [7, 11) is 0. The molecule has 1 heteroatoms. The largest absolute Gasteiger partial charge is 0.391 e. The van der Waals surface area contributed by atoms with E-state index in [0.29, 0.717) is 0 Å². The molecule has 0 rings (SSSR count). The quantitative estimate of drug-likeness (QED) is 0.246. The Morgan fingerprint density at radius 1 is 0.545 bits per heavy atom. The normalized spacial score (nSPS) is 10.8. The summed E-state index contributed by atoms with van der Waals surface area (Å²) >= 11 is 0. The first kappa shape index (κ1) is 21.5. The van der Waals surface area contributed by atoms with Gasteiger partial charge in [-0.05, 0) is 12.6 Å². The first-order chi connectivity index (χ1) is 10.9. The SMILES string of the molecule is C=CNCCCCCCCCCCCCCCCCCCC. The maximum absolute atomic E-state index is 3.66. The van der Waals surface area contributed by atoms with E-state index in [2.05, 4.69) is 18.8 Å². The summed E-state index contributed by atoms with van der Waals surface area (Å²) in [5.41, 5.74) is 0. The van der Waals surface area contributed by atoms with E-state index in [-0.39, 0.29) is 0 Å². The lowest BCUT2D eigenvalue weighted by Gasteiger charge is -2.04. The molecule has 0 aliphatic carbocycles. The van der Waals surface area contributed by atoms with Gasteiger partial charge in [-0.2, -0.15) is 0 Å². The minimum atomic E-state index is 1.10. The van der Waals surface area contributed by atoms with Crippen molar-refractivity contribution < 1.29 is 0 Å². The van der Waals surface area contributed by atoms with E-state index in [4.69, 9.17) is 0 Å². The van der Waals surface area contributed by atoms with Gasteiger partial charge in [0, 0.05) is 6.54 Å². The molecule has 22 heavy (non-hydrogen) atoms. The van der Waals surface area contributed by atoms with Crippen molar-refractivity contribution in [2.24, 2.45) is 0 Å². The van der Waals surface area contributed by atoms with Crippen LogP contribution in [0.15, 0.2) is 12.8 Å². The zero-order valence-electron chi connectivity index (χ0n) is 15.5. The predicted molar refractivity (Wildman–Crippen MR) is 102 cm³/mol. The third kappa shape index (κ3) is 19.5. The summed E-state index contributed by atoms with van der Waals surface area (Å²) in [6, 6.07) is 0. The van der Waals surface area contributed by atoms with Crippen molar-refractivity contribution in [1.82, 2.24) is 5.32 Å². The Balaban J connectivity index is 2.92. The summed E-state index contributed by atoms with van der Waals surface area (Å²) < 4.78 is 0. The van der Waals surface area contributed by atoms with Gasteiger partial charge in [-0.25, -0.2) is 0 Å². The minimum Gasteiger partial charge on any atom is -0.391 e. The zero-order valence-corrected chi connectivity index (χ0v) is 15.5. The molecule has 0 amide bonds. The Hall–Kier alpha value is -0.460. The highest BCUT2D eigenvalue weighted by Gasteiger charge is 1.94. The lowest BCUT2D eigenvalue weighted by atomic mass is 10.0. The molecule has 0 fully saturated rings. The van der Waals surface area contributed by atoms with Crippen molar-refractivity contribution in [3.63, 3.8) is 0 Å². The first-order valence-electron chi connectivity index (χ1n) is 10.3. The summed E-state index contributed by atoms with van der Waals surface area (Å²) in [5, 5.41) is 3.16. The second-order valence-corrected chi connectivity index (χ2v) is 6.82. The number of nitrogens with one attached hydrogen (secondary N) is 1. The first-order valence-corrected chi connectivity index (χ1v) is 10.3. The molecule has 0 spiro atoms.